The number of hydrogen-bond donors (Lipinski definition) is 2. The van der Waals surface area contributed by atoms with Gasteiger partial charge in [0, 0.05) is 0 Å². The van der Waals surface area contributed by atoms with Gasteiger partial charge in [-0.25, -0.2) is 4.79 Å². The first-order valence-corrected chi connectivity index (χ1v) is 8.06. The van der Waals surface area contributed by atoms with E-state index in [1.807, 2.05) is 18.2 Å². The van der Waals surface area contributed by atoms with E-state index in [0.29, 0.717) is 29.5 Å². The number of carboxylic acid groups (broad SMARTS) is 1. The molecule has 0 amide bonds. The summed E-state index contributed by atoms with van der Waals surface area (Å²) in [6.07, 6.45) is 1.63. The van der Waals surface area contributed by atoms with Gasteiger partial charge in [0.25, 0.3) is 0 Å². The minimum atomic E-state index is -1.05. The van der Waals surface area contributed by atoms with Gasteiger partial charge in [-0.05, 0) is 41.5 Å². The number of carbonyl (C=O) groups is 1. The Hall–Kier alpha value is -3.42. The van der Waals surface area contributed by atoms with Crippen LogP contribution in [0.4, 0.5) is 0 Å². The molecule has 2 N–H and O–H groups in total. The Kier molecular flexibility index (Phi) is 7.30. The molecule has 0 heterocycles. The Morgan fingerprint density at radius 3 is 2.33 bits per heavy atom. The molecule has 27 heavy (non-hydrogen) atoms. The number of rotatable bonds is 10. The van der Waals surface area contributed by atoms with E-state index in [4.69, 9.17) is 24.1 Å². The fourth-order valence-electron chi connectivity index (χ4n) is 2.27. The number of ether oxygens (including phenoxy) is 4. The van der Waals surface area contributed by atoms with Gasteiger partial charge in [-0.2, -0.15) is 5.10 Å². The summed E-state index contributed by atoms with van der Waals surface area (Å²) >= 11 is 0. The molecule has 8 nitrogen and oxygen atoms in total. The third-order valence-electron chi connectivity index (χ3n) is 3.57. The number of methoxy groups -OCH3 is 3. The van der Waals surface area contributed by atoms with Gasteiger partial charge < -0.3 is 29.5 Å². The van der Waals surface area contributed by atoms with Gasteiger partial charge in [-0.1, -0.05) is 6.07 Å². The van der Waals surface area contributed by atoms with Gasteiger partial charge >= 0.3 is 5.97 Å². The summed E-state index contributed by atoms with van der Waals surface area (Å²) in [4.78, 5) is 10.6. The Bertz CT molecular complexity index is 807. The first kappa shape index (κ1) is 19.9. The largest absolute Gasteiger partial charge is 0.493 e. The van der Waals surface area contributed by atoms with Crippen LogP contribution in [-0.4, -0.2) is 45.2 Å². The molecule has 0 aliphatic rings. The topological polar surface area (TPSA) is 98.6 Å². The number of hydrogen-bond acceptors (Lipinski definition) is 7. The van der Waals surface area contributed by atoms with Crippen LogP contribution in [0.5, 0.6) is 23.0 Å². The molecule has 2 aromatic carbocycles. The van der Waals surface area contributed by atoms with E-state index in [1.54, 1.807) is 38.6 Å². The summed E-state index contributed by atoms with van der Waals surface area (Å²) in [6, 6.07) is 10.7. The minimum absolute atomic E-state index is 0.357. The second kappa shape index (κ2) is 9.91. The van der Waals surface area contributed by atoms with E-state index in [2.05, 4.69) is 10.5 Å². The highest BCUT2D eigenvalue weighted by Crippen LogP contribution is 2.28. The van der Waals surface area contributed by atoms with E-state index in [1.165, 1.54) is 7.11 Å². The molecule has 0 atom stereocenters. The van der Waals surface area contributed by atoms with Gasteiger partial charge in [-0.3, -0.25) is 0 Å². The van der Waals surface area contributed by atoms with Crippen LogP contribution in [-0.2, 0) is 11.3 Å². The maximum absolute atomic E-state index is 10.6. The van der Waals surface area contributed by atoms with Gasteiger partial charge in [0.15, 0.2) is 29.6 Å². The minimum Gasteiger partial charge on any atom is -0.493 e. The third kappa shape index (κ3) is 5.81. The summed E-state index contributed by atoms with van der Waals surface area (Å²) in [6.45, 7) is 0.0739. The summed E-state index contributed by atoms with van der Waals surface area (Å²) in [7, 11) is 4.66. The van der Waals surface area contributed by atoms with Crippen molar-refractivity contribution in [3.05, 3.63) is 47.5 Å². The SMILES string of the molecule is COc1ccc(CN/N=C/c2ccc(OCC(=O)O)c(OC)c2)cc1OC. The van der Waals surface area contributed by atoms with Crippen molar-refractivity contribution < 1.29 is 28.8 Å². The molecule has 0 radical (unpaired) electrons. The molecule has 0 fully saturated rings. The predicted octanol–water partition coefficient (Wildman–Crippen LogP) is 2.30. The molecule has 8 heteroatoms. The second-order valence-corrected chi connectivity index (χ2v) is 5.38. The van der Waals surface area contributed by atoms with Crippen molar-refractivity contribution in [2.75, 3.05) is 27.9 Å². The average Bonchev–Trinajstić information content (AvgIpc) is 2.69. The van der Waals surface area contributed by atoms with E-state index >= 15 is 0 Å². The Morgan fingerprint density at radius 1 is 1.00 bits per heavy atom. The molecule has 144 valence electrons. The molecular formula is C19H22N2O6. The lowest BCUT2D eigenvalue weighted by molar-refractivity contribution is -0.139. The average molecular weight is 374 g/mol. The maximum Gasteiger partial charge on any atom is 0.341 e. The van der Waals surface area contributed by atoms with Crippen molar-refractivity contribution in [2.24, 2.45) is 5.10 Å². The number of benzene rings is 2. The van der Waals surface area contributed by atoms with Crippen molar-refractivity contribution in [1.82, 2.24) is 5.43 Å². The molecule has 0 bridgehead atoms. The van der Waals surface area contributed by atoms with Crippen LogP contribution in [0, 0.1) is 0 Å². The fraction of sp³-hybridized carbons (Fsp3) is 0.263. The Labute approximate surface area is 157 Å². The first-order valence-electron chi connectivity index (χ1n) is 8.06. The van der Waals surface area contributed by atoms with Crippen LogP contribution in [0.25, 0.3) is 0 Å². The highest BCUT2D eigenvalue weighted by atomic mass is 16.5. The molecule has 0 aliphatic heterocycles. The fourth-order valence-corrected chi connectivity index (χ4v) is 2.27. The van der Waals surface area contributed by atoms with Crippen LogP contribution in [0.15, 0.2) is 41.5 Å². The summed E-state index contributed by atoms with van der Waals surface area (Å²) < 4.78 is 20.9. The van der Waals surface area contributed by atoms with Crippen molar-refractivity contribution in [2.45, 2.75) is 6.54 Å². The highest BCUT2D eigenvalue weighted by Gasteiger charge is 2.07. The Balaban J connectivity index is 1.97. The zero-order valence-corrected chi connectivity index (χ0v) is 15.4. The normalized spacial score (nSPS) is 10.5. The quantitative estimate of drug-likeness (QED) is 0.486. The predicted molar refractivity (Wildman–Crippen MR) is 100 cm³/mol. The molecule has 0 spiro atoms. The molecule has 2 aromatic rings. The van der Waals surface area contributed by atoms with Crippen molar-refractivity contribution in [3.63, 3.8) is 0 Å². The second-order valence-electron chi connectivity index (χ2n) is 5.38. The zero-order chi connectivity index (χ0) is 19.6. The van der Waals surface area contributed by atoms with Crippen molar-refractivity contribution >= 4 is 12.2 Å². The molecule has 0 aromatic heterocycles. The van der Waals surface area contributed by atoms with Gasteiger partial charge in [-0.15, -0.1) is 0 Å². The van der Waals surface area contributed by atoms with E-state index in [-0.39, 0.29) is 0 Å². The van der Waals surface area contributed by atoms with Gasteiger partial charge in [0.2, 0.25) is 0 Å². The van der Waals surface area contributed by atoms with Crippen LogP contribution >= 0.6 is 0 Å². The van der Waals surface area contributed by atoms with E-state index in [0.717, 1.165) is 11.1 Å². The maximum atomic E-state index is 10.6. The van der Waals surface area contributed by atoms with Crippen LogP contribution in [0.2, 0.25) is 0 Å². The van der Waals surface area contributed by atoms with E-state index < -0.39 is 12.6 Å². The lowest BCUT2D eigenvalue weighted by Crippen LogP contribution is -2.10. The monoisotopic (exact) mass is 374 g/mol. The molecule has 0 saturated heterocycles. The third-order valence-corrected chi connectivity index (χ3v) is 3.57. The first-order chi connectivity index (χ1) is 13.1. The number of aliphatic carboxylic acids is 1. The van der Waals surface area contributed by atoms with Gasteiger partial charge in [0.05, 0.1) is 34.1 Å². The number of hydrazone groups is 1. The molecule has 0 aliphatic carbocycles. The summed E-state index contributed by atoms with van der Waals surface area (Å²) in [5, 5.41) is 12.9. The summed E-state index contributed by atoms with van der Waals surface area (Å²) in [5.74, 6) is 1.06. The molecule has 0 unspecified atom stereocenters. The molecular weight excluding hydrogens is 352 g/mol. The highest BCUT2D eigenvalue weighted by molar-refractivity contribution is 5.80. The zero-order valence-electron chi connectivity index (χ0n) is 15.4. The number of nitrogens with one attached hydrogen (secondary N) is 1. The number of nitrogens with zero attached hydrogens (tertiary/aromatic N) is 1. The standard InChI is InChI=1S/C19H22N2O6/c1-24-15-6-4-13(8-17(15)25-2)10-20-21-11-14-5-7-16(18(9-14)26-3)27-12-19(22)23/h4-9,11,20H,10,12H2,1-3H3,(H,22,23)/b21-11+. The van der Waals surface area contributed by atoms with Gasteiger partial charge in [0.1, 0.15) is 0 Å². The van der Waals surface area contributed by atoms with Crippen molar-refractivity contribution in [3.8, 4) is 23.0 Å². The summed E-state index contributed by atoms with van der Waals surface area (Å²) in [5.41, 5.74) is 4.71. The van der Waals surface area contributed by atoms with Crippen LogP contribution in [0.1, 0.15) is 11.1 Å². The van der Waals surface area contributed by atoms with Crippen molar-refractivity contribution in [1.29, 1.82) is 0 Å². The lowest BCUT2D eigenvalue weighted by atomic mass is 10.2. The van der Waals surface area contributed by atoms with Crippen LogP contribution in [0.3, 0.4) is 0 Å². The molecule has 0 saturated carbocycles. The smallest absolute Gasteiger partial charge is 0.341 e. The lowest BCUT2D eigenvalue weighted by Gasteiger charge is -2.10. The van der Waals surface area contributed by atoms with E-state index in [9.17, 15) is 4.79 Å². The Morgan fingerprint density at radius 2 is 1.67 bits per heavy atom. The number of carboxylic acids is 1. The van der Waals surface area contributed by atoms with Crippen LogP contribution < -0.4 is 24.4 Å². The molecule has 2 rings (SSSR count).